The molecule has 1 aliphatic carbocycles. The van der Waals surface area contributed by atoms with E-state index in [1.165, 1.54) is 6.42 Å². The van der Waals surface area contributed by atoms with E-state index in [2.05, 4.69) is 41.5 Å². The molecular weight excluding hydrogens is 184 g/mol. The first-order valence-corrected chi connectivity index (χ1v) is 6.33. The smallest absolute Gasteiger partial charge is 0.142 e. The van der Waals surface area contributed by atoms with E-state index in [0.29, 0.717) is 23.5 Å². The van der Waals surface area contributed by atoms with Crippen molar-refractivity contribution < 1.29 is 4.79 Å². The first-order chi connectivity index (χ1) is 6.79. The summed E-state index contributed by atoms with van der Waals surface area (Å²) in [6.07, 6.45) is 2.25. The van der Waals surface area contributed by atoms with Crippen molar-refractivity contribution in [3.05, 3.63) is 0 Å². The van der Waals surface area contributed by atoms with Crippen molar-refractivity contribution in [3.63, 3.8) is 0 Å². The number of rotatable bonds is 2. The van der Waals surface area contributed by atoms with Gasteiger partial charge < -0.3 is 0 Å². The van der Waals surface area contributed by atoms with Gasteiger partial charge in [-0.25, -0.2) is 0 Å². The third kappa shape index (κ3) is 2.26. The van der Waals surface area contributed by atoms with Crippen molar-refractivity contribution in [1.29, 1.82) is 0 Å². The summed E-state index contributed by atoms with van der Waals surface area (Å²) in [6.45, 7) is 13.2. The minimum atomic E-state index is -0.0694. The summed E-state index contributed by atoms with van der Waals surface area (Å²) in [6, 6.07) is 0. The highest BCUT2D eigenvalue weighted by Gasteiger charge is 2.46. The Kier molecular flexibility index (Phi) is 3.63. The molecule has 0 radical (unpaired) electrons. The lowest BCUT2D eigenvalue weighted by atomic mass is 9.58. The molecule has 4 atom stereocenters. The second-order valence-corrected chi connectivity index (χ2v) is 6.28. The maximum atomic E-state index is 12.4. The zero-order valence-corrected chi connectivity index (χ0v) is 11.1. The van der Waals surface area contributed by atoms with Crippen molar-refractivity contribution in [2.75, 3.05) is 0 Å². The van der Waals surface area contributed by atoms with Gasteiger partial charge in [-0.2, -0.15) is 0 Å². The maximum Gasteiger partial charge on any atom is 0.142 e. The number of hydrogen-bond acceptors (Lipinski definition) is 1. The Morgan fingerprint density at radius 1 is 1.33 bits per heavy atom. The molecule has 0 bridgehead atoms. The molecular formula is C14H26O. The van der Waals surface area contributed by atoms with Crippen LogP contribution in [0.15, 0.2) is 0 Å². The molecule has 1 nitrogen and oxygen atoms in total. The Morgan fingerprint density at radius 3 is 2.33 bits per heavy atom. The average molecular weight is 210 g/mol. The summed E-state index contributed by atoms with van der Waals surface area (Å²) >= 11 is 0. The van der Waals surface area contributed by atoms with Gasteiger partial charge in [0.05, 0.1) is 0 Å². The van der Waals surface area contributed by atoms with Crippen LogP contribution in [0.2, 0.25) is 0 Å². The molecule has 4 unspecified atom stereocenters. The summed E-state index contributed by atoms with van der Waals surface area (Å²) < 4.78 is 0. The molecule has 0 aromatic heterocycles. The van der Waals surface area contributed by atoms with Crippen LogP contribution in [0.25, 0.3) is 0 Å². The minimum absolute atomic E-state index is 0.0694. The third-order valence-corrected chi connectivity index (χ3v) is 4.48. The van der Waals surface area contributed by atoms with Gasteiger partial charge in [-0.05, 0) is 30.6 Å². The number of ketones is 1. The summed E-state index contributed by atoms with van der Waals surface area (Å²) in [7, 11) is 0. The molecule has 0 saturated heterocycles. The van der Waals surface area contributed by atoms with E-state index in [9.17, 15) is 4.79 Å². The molecule has 1 aliphatic rings. The van der Waals surface area contributed by atoms with Crippen molar-refractivity contribution in [2.45, 2.75) is 54.4 Å². The molecule has 1 heteroatoms. The number of hydrogen-bond donors (Lipinski definition) is 0. The van der Waals surface area contributed by atoms with E-state index in [1.54, 1.807) is 0 Å². The van der Waals surface area contributed by atoms with Gasteiger partial charge >= 0.3 is 0 Å². The second kappa shape index (κ2) is 4.27. The molecule has 15 heavy (non-hydrogen) atoms. The zero-order chi connectivity index (χ0) is 11.8. The maximum absolute atomic E-state index is 12.4. The summed E-state index contributed by atoms with van der Waals surface area (Å²) in [4.78, 5) is 12.4. The lowest BCUT2D eigenvalue weighted by Crippen LogP contribution is -2.46. The lowest BCUT2D eigenvalue weighted by Gasteiger charge is -2.45. The van der Waals surface area contributed by atoms with Crippen LogP contribution in [0.5, 0.6) is 0 Å². The van der Waals surface area contributed by atoms with E-state index in [-0.39, 0.29) is 11.3 Å². The number of Topliss-reactive ketones (excluding diaryl/α,β-unsaturated/α-hetero) is 1. The van der Waals surface area contributed by atoms with Gasteiger partial charge in [0.25, 0.3) is 0 Å². The molecule has 88 valence electrons. The topological polar surface area (TPSA) is 17.1 Å². The lowest BCUT2D eigenvalue weighted by molar-refractivity contribution is -0.142. The van der Waals surface area contributed by atoms with E-state index in [1.807, 2.05) is 0 Å². The van der Waals surface area contributed by atoms with E-state index < -0.39 is 0 Å². The highest BCUT2D eigenvalue weighted by atomic mass is 16.1. The van der Waals surface area contributed by atoms with Crippen molar-refractivity contribution >= 4 is 5.78 Å². The van der Waals surface area contributed by atoms with Gasteiger partial charge in [0.15, 0.2) is 0 Å². The molecule has 0 aromatic rings. The predicted octanol–water partition coefficient (Wildman–Crippen LogP) is 3.92. The van der Waals surface area contributed by atoms with Crippen molar-refractivity contribution in [3.8, 4) is 0 Å². The van der Waals surface area contributed by atoms with Gasteiger partial charge in [-0.15, -0.1) is 0 Å². The minimum Gasteiger partial charge on any atom is -0.299 e. The van der Waals surface area contributed by atoms with Gasteiger partial charge in [-0.3, -0.25) is 4.79 Å². The fourth-order valence-corrected chi connectivity index (χ4v) is 3.19. The Hall–Kier alpha value is -0.330. The van der Waals surface area contributed by atoms with Gasteiger partial charge in [0.2, 0.25) is 0 Å². The van der Waals surface area contributed by atoms with E-state index in [0.717, 1.165) is 6.42 Å². The Bertz CT molecular complexity index is 244. The largest absolute Gasteiger partial charge is 0.299 e. The van der Waals surface area contributed by atoms with Crippen molar-refractivity contribution in [2.24, 2.45) is 29.1 Å². The van der Waals surface area contributed by atoms with Crippen molar-refractivity contribution in [1.82, 2.24) is 0 Å². The standard InChI is InChI=1S/C14H26O/c1-9(2)8-14(6)11(4)7-10(3)12(5)13(14)15/h9-12H,7-8H2,1-6H3. The Morgan fingerprint density at radius 2 is 1.87 bits per heavy atom. The number of carbonyl (C=O) groups is 1. The highest BCUT2D eigenvalue weighted by Crippen LogP contribution is 2.46. The predicted molar refractivity (Wildman–Crippen MR) is 64.7 cm³/mol. The molecule has 0 aromatic carbocycles. The quantitative estimate of drug-likeness (QED) is 0.675. The molecule has 0 heterocycles. The molecule has 0 aliphatic heterocycles. The molecule has 1 fully saturated rings. The van der Waals surface area contributed by atoms with Crippen LogP contribution >= 0.6 is 0 Å². The summed E-state index contributed by atoms with van der Waals surface area (Å²) in [5, 5.41) is 0. The van der Waals surface area contributed by atoms with Crippen LogP contribution in [0.3, 0.4) is 0 Å². The monoisotopic (exact) mass is 210 g/mol. The Balaban J connectivity index is 2.90. The van der Waals surface area contributed by atoms with Crippen LogP contribution in [0.1, 0.15) is 54.4 Å². The Labute approximate surface area is 94.6 Å². The summed E-state index contributed by atoms with van der Waals surface area (Å²) in [5.41, 5.74) is -0.0694. The van der Waals surface area contributed by atoms with Crippen LogP contribution in [0, 0.1) is 29.1 Å². The summed E-state index contributed by atoms with van der Waals surface area (Å²) in [5.74, 6) is 2.47. The SMILES string of the molecule is CC(C)CC1(C)C(=O)C(C)C(C)CC1C. The molecule has 0 N–H and O–H groups in total. The van der Waals surface area contributed by atoms with E-state index in [4.69, 9.17) is 0 Å². The first kappa shape index (κ1) is 12.7. The van der Waals surface area contributed by atoms with Gasteiger partial charge in [-0.1, -0.05) is 41.5 Å². The average Bonchev–Trinajstić information content (AvgIpc) is 2.11. The van der Waals surface area contributed by atoms with E-state index >= 15 is 0 Å². The van der Waals surface area contributed by atoms with Crippen LogP contribution in [-0.2, 0) is 4.79 Å². The molecule has 1 saturated carbocycles. The van der Waals surface area contributed by atoms with Crippen LogP contribution < -0.4 is 0 Å². The van der Waals surface area contributed by atoms with Gasteiger partial charge in [0.1, 0.15) is 5.78 Å². The third-order valence-electron chi connectivity index (χ3n) is 4.48. The normalized spacial score (nSPS) is 42.3. The van der Waals surface area contributed by atoms with Crippen LogP contribution in [0.4, 0.5) is 0 Å². The first-order valence-electron chi connectivity index (χ1n) is 6.33. The number of carbonyl (C=O) groups excluding carboxylic acids is 1. The van der Waals surface area contributed by atoms with Crippen LogP contribution in [-0.4, -0.2) is 5.78 Å². The second-order valence-electron chi connectivity index (χ2n) is 6.28. The fraction of sp³-hybridized carbons (Fsp3) is 0.929. The van der Waals surface area contributed by atoms with Gasteiger partial charge in [0, 0.05) is 11.3 Å². The highest BCUT2D eigenvalue weighted by molar-refractivity contribution is 5.87. The molecule has 1 rings (SSSR count). The molecule has 0 amide bonds. The zero-order valence-electron chi connectivity index (χ0n) is 11.1. The molecule has 0 spiro atoms. The fourth-order valence-electron chi connectivity index (χ4n) is 3.19.